The minimum Gasteiger partial charge on any atom is -0.350 e. The molecule has 5 nitrogen and oxygen atoms in total. The normalized spacial score (nSPS) is 14.3. The Labute approximate surface area is 153 Å². The number of carbonyl (C=O) groups is 3. The molecule has 2 aromatic carbocycles. The van der Waals surface area contributed by atoms with Gasteiger partial charge >= 0.3 is 0 Å². The molecule has 3 amide bonds. The zero-order chi connectivity index (χ0) is 18.8. The molecule has 1 aliphatic rings. The maximum atomic E-state index is 12.3. The molecule has 0 saturated heterocycles. The van der Waals surface area contributed by atoms with Gasteiger partial charge in [0.25, 0.3) is 11.8 Å². The first kappa shape index (κ1) is 17.9. The molecule has 0 bridgehead atoms. The van der Waals surface area contributed by atoms with Gasteiger partial charge in [0.15, 0.2) is 0 Å². The Balaban J connectivity index is 1.61. The second-order valence-electron chi connectivity index (χ2n) is 6.71. The lowest BCUT2D eigenvalue weighted by Gasteiger charge is -2.19. The number of aryl methyl sites for hydroxylation is 2. The fourth-order valence-electron chi connectivity index (χ4n) is 3.27. The maximum Gasteiger partial charge on any atom is 0.261 e. The number of benzene rings is 2. The van der Waals surface area contributed by atoms with Crippen molar-refractivity contribution in [2.45, 2.75) is 33.2 Å². The van der Waals surface area contributed by atoms with Gasteiger partial charge in [-0.1, -0.05) is 35.9 Å². The zero-order valence-electron chi connectivity index (χ0n) is 15.2. The zero-order valence-corrected chi connectivity index (χ0v) is 15.2. The van der Waals surface area contributed by atoms with Crippen molar-refractivity contribution in [3.05, 3.63) is 70.3 Å². The Morgan fingerprint density at radius 3 is 2.27 bits per heavy atom. The first-order chi connectivity index (χ1) is 12.4. The van der Waals surface area contributed by atoms with Crippen LogP contribution < -0.4 is 5.32 Å². The third-order valence-electron chi connectivity index (χ3n) is 4.72. The fourth-order valence-corrected chi connectivity index (χ4v) is 3.27. The molecule has 0 spiro atoms. The predicted octanol–water partition coefficient (Wildman–Crippen LogP) is 3.17. The smallest absolute Gasteiger partial charge is 0.261 e. The van der Waals surface area contributed by atoms with E-state index in [-0.39, 0.29) is 36.7 Å². The van der Waals surface area contributed by atoms with Crippen LogP contribution in [0.4, 0.5) is 0 Å². The highest BCUT2D eigenvalue weighted by atomic mass is 16.2. The van der Waals surface area contributed by atoms with E-state index >= 15 is 0 Å². The Morgan fingerprint density at radius 1 is 1.04 bits per heavy atom. The van der Waals surface area contributed by atoms with Gasteiger partial charge in [-0.25, -0.2) is 0 Å². The van der Waals surface area contributed by atoms with Crippen LogP contribution in [0.25, 0.3) is 0 Å². The number of rotatable bonds is 5. The van der Waals surface area contributed by atoms with E-state index in [0.29, 0.717) is 11.1 Å². The molecule has 5 heteroatoms. The third kappa shape index (κ3) is 3.38. The summed E-state index contributed by atoms with van der Waals surface area (Å²) in [6.45, 7) is 6.04. The van der Waals surface area contributed by atoms with Crippen molar-refractivity contribution in [1.29, 1.82) is 0 Å². The number of fused-ring (bicyclic) bond motifs is 1. The summed E-state index contributed by atoms with van der Waals surface area (Å²) in [5.41, 5.74) is 4.13. The van der Waals surface area contributed by atoms with Crippen molar-refractivity contribution in [2.75, 3.05) is 6.54 Å². The van der Waals surface area contributed by atoms with Gasteiger partial charge in [-0.05, 0) is 44.0 Å². The van der Waals surface area contributed by atoms with Gasteiger partial charge in [0, 0.05) is 13.0 Å². The highest BCUT2D eigenvalue weighted by molar-refractivity contribution is 6.21. The number of amides is 3. The lowest BCUT2D eigenvalue weighted by atomic mass is 10.00. The lowest BCUT2D eigenvalue weighted by Crippen LogP contribution is -2.35. The van der Waals surface area contributed by atoms with E-state index in [1.54, 1.807) is 24.3 Å². The van der Waals surface area contributed by atoms with Crippen LogP contribution in [0, 0.1) is 13.8 Å². The summed E-state index contributed by atoms with van der Waals surface area (Å²) in [4.78, 5) is 38.1. The maximum absolute atomic E-state index is 12.3. The Morgan fingerprint density at radius 2 is 1.65 bits per heavy atom. The van der Waals surface area contributed by atoms with Crippen molar-refractivity contribution in [3.8, 4) is 0 Å². The van der Waals surface area contributed by atoms with Gasteiger partial charge in [-0.2, -0.15) is 0 Å². The number of hydrogen-bond donors (Lipinski definition) is 1. The average molecular weight is 350 g/mol. The standard InChI is InChI=1S/C21H22N2O3/c1-13-8-9-14(2)18(12-13)15(3)22-19(24)10-11-23-20(25)16-6-4-5-7-17(16)21(23)26/h4-9,12,15H,10-11H2,1-3H3,(H,22,24)/t15-/m1/s1. The van der Waals surface area contributed by atoms with E-state index in [4.69, 9.17) is 0 Å². The van der Waals surface area contributed by atoms with E-state index < -0.39 is 0 Å². The van der Waals surface area contributed by atoms with Crippen LogP contribution in [0.2, 0.25) is 0 Å². The molecule has 26 heavy (non-hydrogen) atoms. The molecule has 1 aliphatic heterocycles. The van der Waals surface area contributed by atoms with Gasteiger partial charge < -0.3 is 5.32 Å². The molecule has 2 aromatic rings. The van der Waals surface area contributed by atoms with E-state index in [1.165, 1.54) is 0 Å². The van der Waals surface area contributed by atoms with Crippen molar-refractivity contribution < 1.29 is 14.4 Å². The topological polar surface area (TPSA) is 66.5 Å². The molecule has 1 heterocycles. The molecule has 0 fully saturated rings. The first-order valence-corrected chi connectivity index (χ1v) is 8.70. The SMILES string of the molecule is Cc1ccc(C)c([C@@H](C)NC(=O)CCN2C(=O)c3ccccc3C2=O)c1. The fraction of sp³-hybridized carbons (Fsp3) is 0.286. The number of carbonyl (C=O) groups excluding carboxylic acids is 3. The molecule has 1 N–H and O–H groups in total. The van der Waals surface area contributed by atoms with Gasteiger partial charge in [0.05, 0.1) is 17.2 Å². The van der Waals surface area contributed by atoms with E-state index in [2.05, 4.69) is 11.4 Å². The van der Waals surface area contributed by atoms with Gasteiger partial charge in [-0.3, -0.25) is 19.3 Å². The molecular weight excluding hydrogens is 328 g/mol. The average Bonchev–Trinajstić information content (AvgIpc) is 2.86. The number of hydrogen-bond acceptors (Lipinski definition) is 3. The predicted molar refractivity (Wildman–Crippen MR) is 98.9 cm³/mol. The molecule has 134 valence electrons. The number of nitrogens with zero attached hydrogens (tertiary/aromatic N) is 1. The van der Waals surface area contributed by atoms with Crippen molar-refractivity contribution in [3.63, 3.8) is 0 Å². The number of nitrogens with one attached hydrogen (secondary N) is 1. The van der Waals surface area contributed by atoms with Crippen molar-refractivity contribution in [1.82, 2.24) is 10.2 Å². The van der Waals surface area contributed by atoms with Crippen LogP contribution >= 0.6 is 0 Å². The Bertz CT molecular complexity index is 854. The summed E-state index contributed by atoms with van der Waals surface area (Å²) in [5, 5.41) is 2.95. The van der Waals surface area contributed by atoms with Gasteiger partial charge in [0.1, 0.15) is 0 Å². The Kier molecular flexibility index (Phi) is 4.89. The van der Waals surface area contributed by atoms with E-state index in [9.17, 15) is 14.4 Å². The largest absolute Gasteiger partial charge is 0.350 e. The van der Waals surface area contributed by atoms with Crippen LogP contribution in [0.5, 0.6) is 0 Å². The minimum absolute atomic E-state index is 0.0811. The highest BCUT2D eigenvalue weighted by Crippen LogP contribution is 2.23. The third-order valence-corrected chi connectivity index (χ3v) is 4.72. The quantitative estimate of drug-likeness (QED) is 0.842. The van der Waals surface area contributed by atoms with Gasteiger partial charge in [0.2, 0.25) is 5.91 Å². The molecule has 0 aliphatic carbocycles. The summed E-state index contributed by atoms with van der Waals surface area (Å²) >= 11 is 0. The van der Waals surface area contributed by atoms with E-state index in [1.807, 2.05) is 32.9 Å². The molecule has 0 saturated carbocycles. The Hall–Kier alpha value is -2.95. The van der Waals surface area contributed by atoms with Crippen LogP contribution in [0.3, 0.4) is 0 Å². The summed E-state index contributed by atoms with van der Waals surface area (Å²) in [6, 6.07) is 12.7. The molecule has 0 radical (unpaired) electrons. The lowest BCUT2D eigenvalue weighted by molar-refractivity contribution is -0.121. The molecule has 0 unspecified atom stereocenters. The van der Waals surface area contributed by atoms with Crippen LogP contribution in [-0.4, -0.2) is 29.2 Å². The van der Waals surface area contributed by atoms with Crippen LogP contribution in [0.1, 0.15) is 56.8 Å². The minimum atomic E-state index is -0.332. The molecule has 3 rings (SSSR count). The summed E-state index contributed by atoms with van der Waals surface area (Å²) in [6.07, 6.45) is 0.0840. The number of imide groups is 1. The first-order valence-electron chi connectivity index (χ1n) is 8.70. The summed E-state index contributed by atoms with van der Waals surface area (Å²) in [5.74, 6) is -0.850. The van der Waals surface area contributed by atoms with Gasteiger partial charge in [-0.15, -0.1) is 0 Å². The van der Waals surface area contributed by atoms with Crippen LogP contribution in [0.15, 0.2) is 42.5 Å². The van der Waals surface area contributed by atoms with Crippen molar-refractivity contribution in [2.24, 2.45) is 0 Å². The monoisotopic (exact) mass is 350 g/mol. The summed E-state index contributed by atoms with van der Waals surface area (Å²) in [7, 11) is 0. The second kappa shape index (κ2) is 7.12. The highest BCUT2D eigenvalue weighted by Gasteiger charge is 2.35. The van der Waals surface area contributed by atoms with Crippen LogP contribution in [-0.2, 0) is 4.79 Å². The summed E-state index contributed by atoms with van der Waals surface area (Å²) < 4.78 is 0. The van der Waals surface area contributed by atoms with E-state index in [0.717, 1.165) is 21.6 Å². The van der Waals surface area contributed by atoms with Crippen molar-refractivity contribution >= 4 is 17.7 Å². The second-order valence-corrected chi connectivity index (χ2v) is 6.71. The molecular formula is C21H22N2O3. The molecule has 1 atom stereocenters. The molecule has 0 aromatic heterocycles.